The highest BCUT2D eigenvalue weighted by molar-refractivity contribution is 6.32. The van der Waals surface area contributed by atoms with Crippen molar-refractivity contribution < 1.29 is 9.18 Å². The maximum atomic E-state index is 14.8. The van der Waals surface area contributed by atoms with Crippen molar-refractivity contribution >= 4 is 34.2 Å². The van der Waals surface area contributed by atoms with Crippen LogP contribution >= 0.6 is 11.6 Å². The Balaban J connectivity index is 1.44. The lowest BCUT2D eigenvalue weighted by molar-refractivity contribution is -0.127. The van der Waals surface area contributed by atoms with Crippen LogP contribution in [-0.4, -0.2) is 32.6 Å². The maximum absolute atomic E-state index is 14.8. The summed E-state index contributed by atoms with van der Waals surface area (Å²) in [6.45, 7) is 0.663. The number of nitrogens with two attached hydrogens (primary N) is 2. The van der Waals surface area contributed by atoms with E-state index in [0.29, 0.717) is 41.5 Å². The van der Waals surface area contributed by atoms with Crippen molar-refractivity contribution in [3.63, 3.8) is 0 Å². The Morgan fingerprint density at radius 1 is 1.19 bits per heavy atom. The molecule has 8 nitrogen and oxygen atoms in total. The van der Waals surface area contributed by atoms with Gasteiger partial charge in [-0.15, -0.1) is 0 Å². The van der Waals surface area contributed by atoms with Gasteiger partial charge in [-0.3, -0.25) is 9.89 Å². The molecule has 1 unspecified atom stereocenters. The summed E-state index contributed by atoms with van der Waals surface area (Å²) in [6.07, 6.45) is 4.09. The Bertz CT molecular complexity index is 1360. The van der Waals surface area contributed by atoms with Crippen LogP contribution in [0.1, 0.15) is 43.1 Å². The first-order valence-corrected chi connectivity index (χ1v) is 12.5. The first kappa shape index (κ1) is 24.3. The molecule has 2 heterocycles. The van der Waals surface area contributed by atoms with E-state index in [1.165, 1.54) is 6.07 Å². The first-order chi connectivity index (χ1) is 17.4. The van der Waals surface area contributed by atoms with Gasteiger partial charge in [-0.25, -0.2) is 9.37 Å². The van der Waals surface area contributed by atoms with E-state index in [4.69, 9.17) is 28.1 Å². The third-order valence-electron chi connectivity index (χ3n) is 7.07. The minimum atomic E-state index is -0.517. The molecule has 10 heteroatoms. The minimum Gasteiger partial charge on any atom is -0.382 e. The molecule has 4 aromatic rings. The average Bonchev–Trinajstić information content (AvgIpc) is 3.47. The Morgan fingerprint density at radius 3 is 2.67 bits per heavy atom. The van der Waals surface area contributed by atoms with Crippen molar-refractivity contribution in [1.29, 1.82) is 0 Å². The van der Waals surface area contributed by atoms with E-state index in [1.807, 2.05) is 30.3 Å². The normalized spacial score (nSPS) is 18.9. The van der Waals surface area contributed by atoms with Crippen LogP contribution in [0.3, 0.4) is 0 Å². The fourth-order valence-electron chi connectivity index (χ4n) is 5.01. The SMILES string of the molecule is NCC1CCC(C(=O)NC(Cc2ccccc2)c2nc(-c3cc(F)c4c(N)n[nH]c4c3)c(Cl)[nH]2)CC1. The average molecular weight is 510 g/mol. The molecule has 0 saturated heterocycles. The smallest absolute Gasteiger partial charge is 0.223 e. The predicted molar refractivity (Wildman–Crippen MR) is 139 cm³/mol. The number of aromatic amines is 2. The second-order valence-corrected chi connectivity index (χ2v) is 9.86. The number of nitrogens with one attached hydrogen (secondary N) is 3. The summed E-state index contributed by atoms with van der Waals surface area (Å²) in [7, 11) is 0. The summed E-state index contributed by atoms with van der Waals surface area (Å²) in [5.41, 5.74) is 13.9. The second-order valence-electron chi connectivity index (χ2n) is 9.48. The molecule has 2 aromatic heterocycles. The van der Waals surface area contributed by atoms with Gasteiger partial charge >= 0.3 is 0 Å². The number of carbonyl (C=O) groups is 1. The second kappa shape index (κ2) is 10.3. The van der Waals surface area contributed by atoms with Crippen LogP contribution in [0.4, 0.5) is 10.2 Å². The van der Waals surface area contributed by atoms with Gasteiger partial charge in [0.25, 0.3) is 0 Å². The van der Waals surface area contributed by atoms with E-state index in [-0.39, 0.29) is 28.2 Å². The zero-order chi connectivity index (χ0) is 25.2. The van der Waals surface area contributed by atoms with Gasteiger partial charge in [0.15, 0.2) is 5.82 Å². The molecular formula is C26H29ClFN7O. The van der Waals surface area contributed by atoms with Gasteiger partial charge in [-0.05, 0) is 62.3 Å². The summed E-state index contributed by atoms with van der Waals surface area (Å²) in [5.74, 6) is 0.515. The van der Waals surface area contributed by atoms with E-state index < -0.39 is 11.9 Å². The van der Waals surface area contributed by atoms with Crippen LogP contribution in [-0.2, 0) is 11.2 Å². The molecule has 7 N–H and O–H groups in total. The van der Waals surface area contributed by atoms with Crippen LogP contribution in [0, 0.1) is 17.7 Å². The summed E-state index contributed by atoms with van der Waals surface area (Å²) in [6, 6.07) is 12.5. The standard InChI is InChI=1S/C26H29ClFN7O/c27-23-22(17-11-18(28)21-19(12-17)34-35-24(21)30)32-25(33-23)20(10-14-4-2-1-3-5-14)31-26(36)16-8-6-15(13-29)7-9-16/h1-5,11-12,15-16,20H,6-10,13,29H2,(H,31,36)(H,32,33)(H3,30,34,35). The largest absolute Gasteiger partial charge is 0.382 e. The zero-order valence-corrected chi connectivity index (χ0v) is 20.5. The molecule has 188 valence electrons. The van der Waals surface area contributed by atoms with Crippen molar-refractivity contribution in [1.82, 2.24) is 25.5 Å². The molecule has 1 amide bonds. The van der Waals surface area contributed by atoms with Crippen molar-refractivity contribution in [2.75, 3.05) is 12.3 Å². The van der Waals surface area contributed by atoms with Crippen LogP contribution in [0.25, 0.3) is 22.2 Å². The summed E-state index contributed by atoms with van der Waals surface area (Å²) >= 11 is 6.54. The number of anilines is 1. The summed E-state index contributed by atoms with van der Waals surface area (Å²) < 4.78 is 14.8. The van der Waals surface area contributed by atoms with Crippen molar-refractivity contribution in [3.8, 4) is 11.3 Å². The lowest BCUT2D eigenvalue weighted by Crippen LogP contribution is -2.37. The molecule has 1 aliphatic rings. The molecule has 36 heavy (non-hydrogen) atoms. The van der Waals surface area contributed by atoms with Crippen molar-refractivity contribution in [2.24, 2.45) is 17.6 Å². The molecule has 5 rings (SSSR count). The Hall–Kier alpha value is -3.43. The topological polar surface area (TPSA) is 138 Å². The molecule has 2 aromatic carbocycles. The highest BCUT2D eigenvalue weighted by Gasteiger charge is 2.29. The number of hydrogen-bond acceptors (Lipinski definition) is 5. The van der Waals surface area contributed by atoms with Gasteiger partial charge in [0, 0.05) is 11.5 Å². The third-order valence-corrected chi connectivity index (χ3v) is 7.35. The molecule has 1 saturated carbocycles. The van der Waals surface area contributed by atoms with E-state index in [2.05, 4.69) is 20.5 Å². The summed E-state index contributed by atoms with van der Waals surface area (Å²) in [4.78, 5) is 21.0. The number of fused-ring (bicyclic) bond motifs is 1. The van der Waals surface area contributed by atoms with E-state index in [0.717, 1.165) is 31.2 Å². The Labute approximate surface area is 213 Å². The number of nitrogens with zero attached hydrogens (tertiary/aromatic N) is 2. The van der Waals surface area contributed by atoms with Crippen molar-refractivity contribution in [2.45, 2.75) is 38.1 Å². The van der Waals surface area contributed by atoms with Gasteiger partial charge in [-0.2, -0.15) is 5.10 Å². The first-order valence-electron chi connectivity index (χ1n) is 12.2. The van der Waals surface area contributed by atoms with Gasteiger partial charge in [0.05, 0.1) is 16.9 Å². The van der Waals surface area contributed by atoms with Gasteiger partial charge in [0.2, 0.25) is 5.91 Å². The fraction of sp³-hybridized carbons (Fsp3) is 0.346. The molecule has 0 aliphatic heterocycles. The lowest BCUT2D eigenvalue weighted by atomic mass is 9.81. The minimum absolute atomic E-state index is 0.000809. The van der Waals surface area contributed by atoms with E-state index in [9.17, 15) is 9.18 Å². The number of nitrogen functional groups attached to an aromatic ring is 1. The number of aromatic nitrogens is 4. The molecule has 0 radical (unpaired) electrons. The number of carbonyl (C=O) groups excluding carboxylic acids is 1. The summed E-state index contributed by atoms with van der Waals surface area (Å²) in [5, 5.41) is 10.3. The Kier molecular flexibility index (Phi) is 6.93. The molecule has 1 fully saturated rings. The Morgan fingerprint density at radius 2 is 1.94 bits per heavy atom. The number of imidazole rings is 1. The van der Waals surface area contributed by atoms with Gasteiger partial charge in [-0.1, -0.05) is 41.9 Å². The maximum Gasteiger partial charge on any atom is 0.223 e. The fourth-order valence-corrected chi connectivity index (χ4v) is 5.26. The third kappa shape index (κ3) is 4.94. The monoisotopic (exact) mass is 509 g/mol. The number of amides is 1. The van der Waals surface area contributed by atoms with Gasteiger partial charge in [0.1, 0.15) is 22.5 Å². The van der Waals surface area contributed by atoms with Crippen LogP contribution in [0.2, 0.25) is 5.15 Å². The number of H-pyrrole nitrogens is 2. The lowest BCUT2D eigenvalue weighted by Gasteiger charge is -2.28. The number of halogens is 2. The zero-order valence-electron chi connectivity index (χ0n) is 19.7. The molecular weight excluding hydrogens is 481 g/mol. The van der Waals surface area contributed by atoms with Crippen LogP contribution < -0.4 is 16.8 Å². The van der Waals surface area contributed by atoms with Gasteiger partial charge < -0.3 is 21.8 Å². The molecule has 1 aliphatic carbocycles. The van der Waals surface area contributed by atoms with Crippen LogP contribution in [0.15, 0.2) is 42.5 Å². The highest BCUT2D eigenvalue weighted by atomic mass is 35.5. The molecule has 0 spiro atoms. The highest BCUT2D eigenvalue weighted by Crippen LogP contribution is 2.33. The number of hydrogen-bond donors (Lipinski definition) is 5. The number of benzene rings is 2. The van der Waals surface area contributed by atoms with Crippen LogP contribution in [0.5, 0.6) is 0 Å². The quantitative estimate of drug-likeness (QED) is 0.250. The van der Waals surface area contributed by atoms with Crippen molar-refractivity contribution in [3.05, 3.63) is 64.8 Å². The molecule has 1 atom stereocenters. The predicted octanol–water partition coefficient (Wildman–Crippen LogP) is 4.49. The number of rotatable bonds is 7. The van der Waals surface area contributed by atoms with E-state index >= 15 is 0 Å². The molecule has 0 bridgehead atoms. The van der Waals surface area contributed by atoms with E-state index in [1.54, 1.807) is 6.07 Å².